The van der Waals surface area contributed by atoms with E-state index in [0.29, 0.717) is 22.7 Å². The lowest BCUT2D eigenvalue weighted by Gasteiger charge is -2.35. The Hall–Kier alpha value is -3.41. The summed E-state index contributed by atoms with van der Waals surface area (Å²) in [5, 5.41) is 17.2. The van der Waals surface area contributed by atoms with Gasteiger partial charge in [-0.05, 0) is 76.0 Å². The maximum Gasteiger partial charge on any atom is 0.411 e. The van der Waals surface area contributed by atoms with Gasteiger partial charge in [-0.15, -0.1) is 0 Å². The Kier molecular flexibility index (Phi) is 8.34. The van der Waals surface area contributed by atoms with Gasteiger partial charge in [0.2, 0.25) is 5.91 Å². The summed E-state index contributed by atoms with van der Waals surface area (Å²) in [5.41, 5.74) is 2.13. The van der Waals surface area contributed by atoms with Crippen LogP contribution in [-0.4, -0.2) is 50.4 Å². The van der Waals surface area contributed by atoms with Crippen molar-refractivity contribution in [2.45, 2.75) is 104 Å². The number of ether oxygens (including phenoxy) is 1. The number of hydrogen-bond donors (Lipinski definition) is 1. The van der Waals surface area contributed by atoms with Crippen LogP contribution in [0, 0.1) is 29.0 Å². The summed E-state index contributed by atoms with van der Waals surface area (Å²) in [6.07, 6.45) is 2.77. The van der Waals surface area contributed by atoms with Crippen LogP contribution in [0.4, 0.5) is 9.18 Å². The molecule has 1 aromatic heterocycles. The zero-order valence-electron chi connectivity index (χ0n) is 23.8. The Bertz CT molecular complexity index is 1260. The summed E-state index contributed by atoms with van der Waals surface area (Å²) in [6, 6.07) is 7.31. The smallest absolute Gasteiger partial charge is 0.411 e. The molecule has 210 valence electrons. The van der Waals surface area contributed by atoms with E-state index < -0.39 is 29.6 Å². The van der Waals surface area contributed by atoms with Gasteiger partial charge in [-0.2, -0.15) is 10.4 Å². The number of carbonyl (C=O) groups excluding carboxylic acids is 2. The van der Waals surface area contributed by atoms with Gasteiger partial charge in [0.15, 0.2) is 0 Å². The molecule has 0 unspecified atom stereocenters. The van der Waals surface area contributed by atoms with E-state index in [1.54, 1.807) is 37.8 Å². The number of aromatic nitrogens is 2. The number of fused-ring (bicyclic) bond motifs is 2. The van der Waals surface area contributed by atoms with Gasteiger partial charge < -0.3 is 10.1 Å². The maximum absolute atomic E-state index is 15.2. The predicted octanol–water partition coefficient (Wildman–Crippen LogP) is 5.25. The number of nitrogens with one attached hydrogen (secondary N) is 1. The van der Waals surface area contributed by atoms with Crippen LogP contribution in [0.5, 0.6) is 0 Å². The molecule has 39 heavy (non-hydrogen) atoms. The highest BCUT2D eigenvalue weighted by atomic mass is 19.1. The zero-order chi connectivity index (χ0) is 28.5. The number of nitrogens with zero attached hydrogens (tertiary/aromatic N) is 4. The first-order valence-electron chi connectivity index (χ1n) is 14.0. The summed E-state index contributed by atoms with van der Waals surface area (Å²) in [4.78, 5) is 27.8. The fourth-order valence-corrected chi connectivity index (χ4v) is 5.77. The van der Waals surface area contributed by atoms with Crippen molar-refractivity contribution in [2.75, 3.05) is 0 Å². The van der Waals surface area contributed by atoms with Gasteiger partial charge in [0, 0.05) is 30.3 Å². The Morgan fingerprint density at radius 3 is 2.62 bits per heavy atom. The molecule has 1 saturated heterocycles. The van der Waals surface area contributed by atoms with E-state index in [-0.39, 0.29) is 24.3 Å². The van der Waals surface area contributed by atoms with Crippen molar-refractivity contribution in [3.63, 3.8) is 0 Å². The van der Waals surface area contributed by atoms with E-state index in [1.807, 2.05) is 10.7 Å². The summed E-state index contributed by atoms with van der Waals surface area (Å²) >= 11 is 0. The number of benzene rings is 1. The van der Waals surface area contributed by atoms with E-state index in [2.05, 4.69) is 37.3 Å². The fraction of sp³-hybridized carbons (Fsp3) is 0.600. The molecule has 1 saturated carbocycles. The Morgan fingerprint density at radius 2 is 2.00 bits per heavy atom. The first-order valence-corrected chi connectivity index (χ1v) is 14.0. The van der Waals surface area contributed by atoms with Crippen LogP contribution in [0.3, 0.4) is 0 Å². The van der Waals surface area contributed by atoms with Gasteiger partial charge >= 0.3 is 6.09 Å². The molecule has 0 radical (unpaired) electrons. The Morgan fingerprint density at radius 1 is 1.26 bits per heavy atom. The molecule has 2 aromatic rings. The fourth-order valence-electron chi connectivity index (χ4n) is 5.77. The van der Waals surface area contributed by atoms with Crippen LogP contribution >= 0.6 is 0 Å². The molecule has 2 amide bonds. The van der Waals surface area contributed by atoms with Crippen LogP contribution in [0.2, 0.25) is 0 Å². The number of aryl methyl sites for hydroxylation is 1. The van der Waals surface area contributed by atoms with E-state index in [0.717, 1.165) is 37.9 Å². The van der Waals surface area contributed by atoms with Gasteiger partial charge in [-0.25, -0.2) is 9.18 Å². The Balaban J connectivity index is 1.46. The first-order chi connectivity index (χ1) is 18.4. The third-order valence-corrected chi connectivity index (χ3v) is 7.47. The van der Waals surface area contributed by atoms with Crippen molar-refractivity contribution in [2.24, 2.45) is 11.8 Å². The monoisotopic (exact) mass is 537 g/mol. The molecule has 4 atom stereocenters. The minimum atomic E-state index is -0.936. The van der Waals surface area contributed by atoms with E-state index in [1.165, 1.54) is 6.07 Å². The molecule has 1 aliphatic carbocycles. The second-order valence-electron chi connectivity index (χ2n) is 12.2. The lowest BCUT2D eigenvalue weighted by Crippen LogP contribution is -2.55. The van der Waals surface area contributed by atoms with Crippen molar-refractivity contribution in [1.82, 2.24) is 20.0 Å². The second kappa shape index (κ2) is 11.4. The zero-order valence-corrected chi connectivity index (χ0v) is 23.8. The van der Waals surface area contributed by atoms with E-state index in [9.17, 15) is 14.9 Å². The molecule has 1 aromatic carbocycles. The molecule has 2 bridgehead atoms. The SMILES string of the molecule is CCc1cc(-c2ccc(C[C@@H](C#N)NC(=O)[C@@H]3[C@H]4CC[C@H](C4)N3C(=O)OC(C)(C)C)c(F)c2)nn1CC(C)C. The molecular weight excluding hydrogens is 497 g/mol. The molecule has 2 aliphatic rings. The van der Waals surface area contributed by atoms with Gasteiger partial charge in [0.25, 0.3) is 0 Å². The van der Waals surface area contributed by atoms with Gasteiger partial charge in [-0.3, -0.25) is 14.4 Å². The average molecular weight is 538 g/mol. The highest BCUT2D eigenvalue weighted by Gasteiger charge is 2.52. The summed E-state index contributed by atoms with van der Waals surface area (Å²) in [6.45, 7) is 12.5. The number of halogens is 1. The quantitative estimate of drug-likeness (QED) is 0.496. The average Bonchev–Trinajstić information content (AvgIpc) is 3.57. The lowest BCUT2D eigenvalue weighted by molar-refractivity contribution is -0.128. The number of carbonyl (C=O) groups is 2. The van der Waals surface area contributed by atoms with Gasteiger partial charge in [0.05, 0.1) is 11.8 Å². The normalized spacial score (nSPS) is 21.2. The third kappa shape index (κ3) is 6.43. The lowest BCUT2D eigenvalue weighted by atomic mass is 9.97. The standard InChI is InChI=1S/C30H40FN5O3/c1-7-23-15-26(34-35(23)17-18(2)3)20-9-8-19(25(31)14-20)12-22(16-32)33-28(37)27-21-10-11-24(13-21)36(27)29(38)39-30(4,5)6/h8-9,14-15,18,21-22,24,27H,7,10-13,17H2,1-6H3,(H,33,37)/t21-,22-,24+,27-/m0/s1. The van der Waals surface area contributed by atoms with Gasteiger partial charge in [-0.1, -0.05) is 32.9 Å². The predicted molar refractivity (Wildman–Crippen MR) is 146 cm³/mol. The largest absolute Gasteiger partial charge is 0.444 e. The molecule has 8 nitrogen and oxygen atoms in total. The molecule has 1 aliphatic heterocycles. The minimum absolute atomic E-state index is 0.0175. The number of nitriles is 1. The number of hydrogen-bond acceptors (Lipinski definition) is 5. The highest BCUT2D eigenvalue weighted by Crippen LogP contribution is 2.43. The molecular formula is C30H40FN5O3. The van der Waals surface area contributed by atoms with Crippen LogP contribution in [0.25, 0.3) is 11.3 Å². The summed E-state index contributed by atoms with van der Waals surface area (Å²) in [7, 11) is 0. The summed E-state index contributed by atoms with van der Waals surface area (Å²) in [5.74, 6) is -0.370. The molecule has 9 heteroatoms. The third-order valence-electron chi connectivity index (χ3n) is 7.47. The molecule has 1 N–H and O–H groups in total. The number of likely N-dealkylation sites (tertiary alicyclic amines) is 1. The molecule has 2 heterocycles. The minimum Gasteiger partial charge on any atom is -0.444 e. The second-order valence-corrected chi connectivity index (χ2v) is 12.2. The summed E-state index contributed by atoms with van der Waals surface area (Å²) < 4.78 is 22.7. The van der Waals surface area contributed by atoms with E-state index in [4.69, 9.17) is 4.74 Å². The van der Waals surface area contributed by atoms with Crippen molar-refractivity contribution in [1.29, 1.82) is 5.26 Å². The molecule has 2 fully saturated rings. The molecule has 0 spiro atoms. The Labute approximate surface area is 230 Å². The van der Waals surface area contributed by atoms with Crippen LogP contribution < -0.4 is 5.32 Å². The van der Waals surface area contributed by atoms with Crippen LogP contribution in [0.15, 0.2) is 24.3 Å². The molecule has 4 rings (SSSR count). The topological polar surface area (TPSA) is 100 Å². The maximum atomic E-state index is 15.2. The van der Waals surface area contributed by atoms with Gasteiger partial charge in [0.1, 0.15) is 23.5 Å². The van der Waals surface area contributed by atoms with Crippen LogP contribution in [-0.2, 0) is 28.9 Å². The van der Waals surface area contributed by atoms with Crippen molar-refractivity contribution >= 4 is 12.0 Å². The van der Waals surface area contributed by atoms with Crippen LogP contribution in [0.1, 0.15) is 72.1 Å². The number of piperidine rings is 1. The first kappa shape index (κ1) is 28.6. The van der Waals surface area contributed by atoms with Crippen molar-refractivity contribution in [3.8, 4) is 17.3 Å². The van der Waals surface area contributed by atoms with Crippen molar-refractivity contribution < 1.29 is 18.7 Å². The highest BCUT2D eigenvalue weighted by molar-refractivity contribution is 5.87. The number of rotatable bonds is 8. The van der Waals surface area contributed by atoms with E-state index >= 15 is 4.39 Å². The number of amides is 2. The van der Waals surface area contributed by atoms with Crippen molar-refractivity contribution in [3.05, 3.63) is 41.3 Å².